The van der Waals surface area contributed by atoms with E-state index in [9.17, 15) is 9.18 Å². The van der Waals surface area contributed by atoms with Crippen molar-refractivity contribution in [2.45, 2.75) is 26.3 Å². The standard InChI is InChI=1S/C23H21FN2O/c1-2-26-21-10-6-4-8-18(21)19-15-17(12-13-22(19)26)25-23(27)14-11-16-7-3-5-9-20(16)24/h3-10,12-13,15H,2,11,14H2,1H3,(H,25,27). The first-order valence-corrected chi connectivity index (χ1v) is 9.21. The van der Waals surface area contributed by atoms with Crippen LogP contribution in [0.4, 0.5) is 10.1 Å². The van der Waals surface area contributed by atoms with E-state index < -0.39 is 0 Å². The SMILES string of the molecule is CCn1c2ccccc2c2cc(NC(=O)CCc3ccccc3F)ccc21. The van der Waals surface area contributed by atoms with Gasteiger partial charge in [-0.2, -0.15) is 0 Å². The Morgan fingerprint density at radius 1 is 0.963 bits per heavy atom. The van der Waals surface area contributed by atoms with Crippen molar-refractivity contribution in [1.29, 1.82) is 0 Å². The molecule has 0 aliphatic rings. The van der Waals surface area contributed by atoms with Gasteiger partial charge in [0.05, 0.1) is 0 Å². The van der Waals surface area contributed by atoms with Crippen molar-refractivity contribution in [3.8, 4) is 0 Å². The number of nitrogens with one attached hydrogen (secondary N) is 1. The summed E-state index contributed by atoms with van der Waals surface area (Å²) in [6, 6.07) is 20.9. The van der Waals surface area contributed by atoms with Crippen LogP contribution in [0.15, 0.2) is 66.7 Å². The lowest BCUT2D eigenvalue weighted by Crippen LogP contribution is -2.12. The van der Waals surface area contributed by atoms with Gasteiger partial charge in [0.15, 0.2) is 0 Å². The molecular formula is C23H21FN2O. The van der Waals surface area contributed by atoms with Crippen LogP contribution in [0.25, 0.3) is 21.8 Å². The summed E-state index contributed by atoms with van der Waals surface area (Å²) in [7, 11) is 0. The minimum absolute atomic E-state index is 0.114. The molecule has 27 heavy (non-hydrogen) atoms. The number of amides is 1. The van der Waals surface area contributed by atoms with Crippen LogP contribution >= 0.6 is 0 Å². The Hall–Kier alpha value is -3.14. The Kier molecular flexibility index (Phi) is 4.63. The van der Waals surface area contributed by atoms with Crippen LogP contribution in [0.2, 0.25) is 0 Å². The van der Waals surface area contributed by atoms with Crippen LogP contribution in [0.1, 0.15) is 18.9 Å². The van der Waals surface area contributed by atoms with E-state index >= 15 is 0 Å². The van der Waals surface area contributed by atoms with Crippen molar-refractivity contribution >= 4 is 33.4 Å². The number of aryl methyl sites for hydroxylation is 2. The fourth-order valence-corrected chi connectivity index (χ4v) is 3.64. The third-order valence-corrected chi connectivity index (χ3v) is 4.95. The van der Waals surface area contributed by atoms with Gasteiger partial charge in [0.1, 0.15) is 5.82 Å². The molecule has 4 aromatic rings. The van der Waals surface area contributed by atoms with Gasteiger partial charge in [-0.1, -0.05) is 36.4 Å². The van der Waals surface area contributed by atoms with Gasteiger partial charge >= 0.3 is 0 Å². The number of fused-ring (bicyclic) bond motifs is 3. The number of hydrogen-bond donors (Lipinski definition) is 1. The van der Waals surface area contributed by atoms with E-state index in [0.717, 1.165) is 23.1 Å². The Labute approximate surface area is 157 Å². The van der Waals surface area contributed by atoms with Gasteiger partial charge in [-0.25, -0.2) is 4.39 Å². The molecule has 0 bridgehead atoms. The summed E-state index contributed by atoms with van der Waals surface area (Å²) in [5, 5.41) is 5.25. The van der Waals surface area contributed by atoms with Gasteiger partial charge < -0.3 is 9.88 Å². The second kappa shape index (κ2) is 7.23. The lowest BCUT2D eigenvalue weighted by atomic mass is 10.1. The van der Waals surface area contributed by atoms with Crippen LogP contribution < -0.4 is 5.32 Å². The highest BCUT2D eigenvalue weighted by molar-refractivity contribution is 6.09. The number of hydrogen-bond acceptors (Lipinski definition) is 1. The Morgan fingerprint density at radius 2 is 1.70 bits per heavy atom. The molecule has 0 fully saturated rings. The van der Waals surface area contributed by atoms with Gasteiger partial charge in [0, 0.05) is 40.5 Å². The molecule has 1 amide bonds. The maximum atomic E-state index is 13.7. The van der Waals surface area contributed by atoms with Crippen molar-refractivity contribution < 1.29 is 9.18 Å². The molecular weight excluding hydrogens is 339 g/mol. The van der Waals surface area contributed by atoms with E-state index in [2.05, 4.69) is 28.9 Å². The first-order chi connectivity index (χ1) is 13.2. The molecule has 0 saturated carbocycles. The van der Waals surface area contributed by atoms with E-state index in [1.807, 2.05) is 30.3 Å². The second-order valence-corrected chi connectivity index (χ2v) is 6.63. The van der Waals surface area contributed by atoms with Crippen molar-refractivity contribution in [2.75, 3.05) is 5.32 Å². The highest BCUT2D eigenvalue weighted by Crippen LogP contribution is 2.31. The molecule has 0 unspecified atom stereocenters. The normalized spacial score (nSPS) is 11.2. The second-order valence-electron chi connectivity index (χ2n) is 6.63. The van der Waals surface area contributed by atoms with E-state index in [4.69, 9.17) is 0 Å². The summed E-state index contributed by atoms with van der Waals surface area (Å²) in [5.74, 6) is -0.379. The average molecular weight is 360 g/mol. The number of aromatic nitrogens is 1. The number of carbonyl (C=O) groups is 1. The predicted octanol–water partition coefficient (Wildman–Crippen LogP) is 5.52. The molecule has 4 rings (SSSR count). The first kappa shape index (κ1) is 17.3. The molecule has 4 heteroatoms. The number of para-hydroxylation sites is 1. The maximum absolute atomic E-state index is 13.7. The average Bonchev–Trinajstić information content (AvgIpc) is 3.00. The zero-order valence-corrected chi connectivity index (χ0v) is 15.2. The summed E-state index contributed by atoms with van der Waals surface area (Å²) in [6.07, 6.45) is 0.631. The smallest absolute Gasteiger partial charge is 0.224 e. The first-order valence-electron chi connectivity index (χ1n) is 9.21. The molecule has 0 saturated heterocycles. The van der Waals surface area contributed by atoms with Crippen molar-refractivity contribution in [3.63, 3.8) is 0 Å². The molecule has 0 aliphatic heterocycles. The number of carbonyl (C=O) groups excluding carboxylic acids is 1. The molecule has 3 nitrogen and oxygen atoms in total. The fourth-order valence-electron chi connectivity index (χ4n) is 3.64. The molecule has 0 aliphatic carbocycles. The number of rotatable bonds is 5. The van der Waals surface area contributed by atoms with Crippen molar-refractivity contribution in [3.05, 3.63) is 78.1 Å². The van der Waals surface area contributed by atoms with Crippen LogP contribution in [0.3, 0.4) is 0 Å². The third-order valence-electron chi connectivity index (χ3n) is 4.95. The van der Waals surface area contributed by atoms with Gasteiger partial charge in [-0.3, -0.25) is 4.79 Å². The number of nitrogens with zero attached hydrogens (tertiary/aromatic N) is 1. The lowest BCUT2D eigenvalue weighted by Gasteiger charge is -2.07. The third kappa shape index (κ3) is 3.31. The summed E-state index contributed by atoms with van der Waals surface area (Å²) >= 11 is 0. The van der Waals surface area contributed by atoms with E-state index in [1.54, 1.807) is 18.2 Å². The monoisotopic (exact) mass is 360 g/mol. The Bertz CT molecular complexity index is 1130. The van der Waals surface area contributed by atoms with Crippen molar-refractivity contribution in [1.82, 2.24) is 4.57 Å². The Morgan fingerprint density at radius 3 is 2.52 bits per heavy atom. The van der Waals surface area contributed by atoms with Gasteiger partial charge in [0.25, 0.3) is 0 Å². The highest BCUT2D eigenvalue weighted by atomic mass is 19.1. The summed E-state index contributed by atoms with van der Waals surface area (Å²) in [4.78, 5) is 12.3. The van der Waals surface area contributed by atoms with Gasteiger partial charge in [0.2, 0.25) is 5.91 Å². The minimum Gasteiger partial charge on any atom is -0.341 e. The van der Waals surface area contributed by atoms with E-state index in [1.165, 1.54) is 17.0 Å². The van der Waals surface area contributed by atoms with E-state index in [-0.39, 0.29) is 18.1 Å². The molecule has 136 valence electrons. The molecule has 1 N–H and O–H groups in total. The van der Waals surface area contributed by atoms with E-state index in [0.29, 0.717) is 12.0 Å². The maximum Gasteiger partial charge on any atom is 0.224 e. The predicted molar refractivity (Wildman–Crippen MR) is 108 cm³/mol. The van der Waals surface area contributed by atoms with Gasteiger partial charge in [-0.05, 0) is 49.2 Å². The summed E-state index contributed by atoms with van der Waals surface area (Å²) < 4.78 is 16.0. The molecule has 1 aromatic heterocycles. The van der Waals surface area contributed by atoms with Crippen LogP contribution in [0, 0.1) is 5.82 Å². The molecule has 0 atom stereocenters. The number of anilines is 1. The van der Waals surface area contributed by atoms with Crippen molar-refractivity contribution in [2.24, 2.45) is 0 Å². The minimum atomic E-state index is -0.265. The molecule has 3 aromatic carbocycles. The topological polar surface area (TPSA) is 34.0 Å². The lowest BCUT2D eigenvalue weighted by molar-refractivity contribution is -0.116. The zero-order chi connectivity index (χ0) is 18.8. The van der Waals surface area contributed by atoms with Crippen LogP contribution in [0.5, 0.6) is 0 Å². The Balaban J connectivity index is 1.56. The number of halogens is 1. The number of benzene rings is 3. The quantitative estimate of drug-likeness (QED) is 0.499. The largest absolute Gasteiger partial charge is 0.341 e. The molecule has 1 heterocycles. The summed E-state index contributed by atoms with van der Waals surface area (Å²) in [6.45, 7) is 3.02. The van der Waals surface area contributed by atoms with Crippen LogP contribution in [-0.4, -0.2) is 10.5 Å². The van der Waals surface area contributed by atoms with Gasteiger partial charge in [-0.15, -0.1) is 0 Å². The van der Waals surface area contributed by atoms with Crippen LogP contribution in [-0.2, 0) is 17.8 Å². The fraction of sp³-hybridized carbons (Fsp3) is 0.174. The highest BCUT2D eigenvalue weighted by Gasteiger charge is 2.11. The summed E-state index contributed by atoms with van der Waals surface area (Å²) in [5.41, 5.74) is 3.68. The molecule has 0 spiro atoms. The zero-order valence-electron chi connectivity index (χ0n) is 15.2. The molecule has 0 radical (unpaired) electrons.